The number of hydrogen-bond donors (Lipinski definition) is 1. The van der Waals surface area contributed by atoms with E-state index in [0.717, 1.165) is 43.1 Å². The first-order valence-electron chi connectivity index (χ1n) is 9.94. The summed E-state index contributed by atoms with van der Waals surface area (Å²) in [4.78, 5) is 15.2. The van der Waals surface area contributed by atoms with Gasteiger partial charge in [0.2, 0.25) is 0 Å². The Bertz CT molecular complexity index is 750. The molecule has 1 aromatic carbocycles. The highest BCUT2D eigenvalue weighted by atomic mass is 16.5. The molecule has 0 unspecified atom stereocenters. The van der Waals surface area contributed by atoms with Crippen LogP contribution in [0.2, 0.25) is 0 Å². The van der Waals surface area contributed by atoms with Crippen molar-refractivity contribution in [1.29, 1.82) is 0 Å². The van der Waals surface area contributed by atoms with Crippen LogP contribution in [0.25, 0.3) is 11.3 Å². The second-order valence-corrected chi connectivity index (χ2v) is 7.00. The minimum Gasteiger partial charge on any atom is -0.496 e. The Morgan fingerprint density at radius 3 is 2.70 bits per heavy atom. The molecular weight excluding hydrogens is 340 g/mol. The molecule has 0 aliphatic carbocycles. The second kappa shape index (κ2) is 9.55. The molecule has 0 radical (unpaired) electrons. The fourth-order valence-electron chi connectivity index (χ4n) is 3.57. The lowest BCUT2D eigenvalue weighted by atomic mass is 10.1. The molecule has 1 fully saturated rings. The van der Waals surface area contributed by atoms with Gasteiger partial charge in [-0.25, -0.2) is 0 Å². The van der Waals surface area contributed by atoms with Crippen LogP contribution in [-0.2, 0) is 6.54 Å². The molecule has 2 heterocycles. The third kappa shape index (κ3) is 4.89. The summed E-state index contributed by atoms with van der Waals surface area (Å²) in [5, 5.41) is 7.73. The van der Waals surface area contributed by atoms with Crippen LogP contribution in [0, 0.1) is 0 Å². The van der Waals surface area contributed by atoms with Crippen molar-refractivity contribution in [2.75, 3.05) is 33.3 Å². The number of methoxy groups -OCH3 is 1. The molecule has 2 aromatic rings. The first kappa shape index (κ1) is 19.4. The number of ether oxygens (including phenoxy) is 1. The molecule has 27 heavy (non-hydrogen) atoms. The number of aryl methyl sites for hydroxylation is 1. The van der Waals surface area contributed by atoms with Crippen molar-refractivity contribution in [3.63, 3.8) is 0 Å². The van der Waals surface area contributed by atoms with Crippen LogP contribution in [0.4, 0.5) is 0 Å². The number of likely N-dealkylation sites (tertiary alicyclic amines) is 1. The van der Waals surface area contributed by atoms with Crippen LogP contribution >= 0.6 is 0 Å². The van der Waals surface area contributed by atoms with Gasteiger partial charge in [-0.15, -0.1) is 0 Å². The third-order valence-electron chi connectivity index (χ3n) is 4.99. The average Bonchev–Trinajstić information content (AvgIpc) is 3.13. The van der Waals surface area contributed by atoms with E-state index in [2.05, 4.69) is 22.2 Å². The van der Waals surface area contributed by atoms with Gasteiger partial charge in [0.1, 0.15) is 11.4 Å². The predicted molar refractivity (Wildman–Crippen MR) is 107 cm³/mol. The van der Waals surface area contributed by atoms with E-state index in [1.54, 1.807) is 11.8 Å². The monoisotopic (exact) mass is 370 g/mol. The second-order valence-electron chi connectivity index (χ2n) is 7.00. The van der Waals surface area contributed by atoms with Crippen molar-refractivity contribution in [3.8, 4) is 17.0 Å². The van der Waals surface area contributed by atoms with E-state index in [9.17, 15) is 4.79 Å². The molecule has 1 aliphatic heterocycles. The van der Waals surface area contributed by atoms with Gasteiger partial charge in [0.25, 0.3) is 5.91 Å². The van der Waals surface area contributed by atoms with E-state index in [-0.39, 0.29) is 5.91 Å². The molecule has 6 heteroatoms. The minimum absolute atomic E-state index is 0.0610. The SMILES string of the molecule is CCCn1nc(-c2ccccc2OC)cc1C(=O)NCCN1CCCCC1. The highest BCUT2D eigenvalue weighted by molar-refractivity contribution is 5.93. The molecule has 0 bridgehead atoms. The topological polar surface area (TPSA) is 59.4 Å². The van der Waals surface area contributed by atoms with E-state index < -0.39 is 0 Å². The van der Waals surface area contributed by atoms with Gasteiger partial charge in [0.15, 0.2) is 0 Å². The van der Waals surface area contributed by atoms with Crippen LogP contribution in [0.1, 0.15) is 43.1 Å². The lowest BCUT2D eigenvalue weighted by molar-refractivity contribution is 0.0935. The summed E-state index contributed by atoms with van der Waals surface area (Å²) in [6, 6.07) is 9.63. The Balaban J connectivity index is 1.71. The molecule has 1 aliphatic rings. The fraction of sp³-hybridized carbons (Fsp3) is 0.524. The van der Waals surface area contributed by atoms with Gasteiger partial charge in [0, 0.05) is 25.2 Å². The smallest absolute Gasteiger partial charge is 0.269 e. The predicted octanol–water partition coefficient (Wildman–Crippen LogP) is 3.18. The summed E-state index contributed by atoms with van der Waals surface area (Å²) in [5.74, 6) is 0.699. The van der Waals surface area contributed by atoms with Crippen LogP contribution in [0.3, 0.4) is 0 Å². The van der Waals surface area contributed by atoms with E-state index in [4.69, 9.17) is 4.74 Å². The molecule has 1 amide bonds. The number of amides is 1. The van der Waals surface area contributed by atoms with Crippen LogP contribution in [-0.4, -0.2) is 53.9 Å². The highest BCUT2D eigenvalue weighted by Gasteiger charge is 2.18. The summed E-state index contributed by atoms with van der Waals surface area (Å²) in [7, 11) is 1.65. The number of para-hydroxylation sites is 1. The van der Waals surface area contributed by atoms with Crippen LogP contribution in [0.15, 0.2) is 30.3 Å². The van der Waals surface area contributed by atoms with Crippen molar-refractivity contribution in [1.82, 2.24) is 20.0 Å². The van der Waals surface area contributed by atoms with Gasteiger partial charge in [-0.1, -0.05) is 25.5 Å². The zero-order chi connectivity index (χ0) is 19.1. The molecule has 146 valence electrons. The van der Waals surface area contributed by atoms with Gasteiger partial charge < -0.3 is 15.0 Å². The molecule has 3 rings (SSSR count). The molecule has 0 saturated carbocycles. The van der Waals surface area contributed by atoms with Gasteiger partial charge >= 0.3 is 0 Å². The van der Waals surface area contributed by atoms with E-state index in [0.29, 0.717) is 18.8 Å². The van der Waals surface area contributed by atoms with Gasteiger partial charge in [-0.05, 0) is 50.6 Å². The number of rotatable bonds is 8. The number of carbonyl (C=O) groups is 1. The van der Waals surface area contributed by atoms with Crippen molar-refractivity contribution in [3.05, 3.63) is 36.0 Å². The largest absolute Gasteiger partial charge is 0.496 e. The number of piperidine rings is 1. The van der Waals surface area contributed by atoms with E-state index >= 15 is 0 Å². The Kier molecular flexibility index (Phi) is 6.87. The van der Waals surface area contributed by atoms with Crippen molar-refractivity contribution >= 4 is 5.91 Å². The normalized spacial score (nSPS) is 14.9. The lowest BCUT2D eigenvalue weighted by Crippen LogP contribution is -2.38. The number of benzene rings is 1. The lowest BCUT2D eigenvalue weighted by Gasteiger charge is -2.26. The first-order chi connectivity index (χ1) is 13.2. The van der Waals surface area contributed by atoms with Crippen molar-refractivity contribution in [2.24, 2.45) is 0 Å². The Morgan fingerprint density at radius 1 is 1.19 bits per heavy atom. The van der Waals surface area contributed by atoms with E-state index in [1.807, 2.05) is 30.3 Å². The maximum atomic E-state index is 12.8. The van der Waals surface area contributed by atoms with Crippen LogP contribution < -0.4 is 10.1 Å². The number of carbonyl (C=O) groups excluding carboxylic acids is 1. The van der Waals surface area contributed by atoms with Crippen molar-refractivity contribution < 1.29 is 9.53 Å². The number of nitrogens with one attached hydrogen (secondary N) is 1. The zero-order valence-electron chi connectivity index (χ0n) is 16.4. The molecule has 0 atom stereocenters. The molecule has 1 saturated heterocycles. The van der Waals surface area contributed by atoms with Crippen molar-refractivity contribution in [2.45, 2.75) is 39.2 Å². The van der Waals surface area contributed by atoms with Gasteiger partial charge in [0.05, 0.1) is 12.8 Å². The van der Waals surface area contributed by atoms with E-state index in [1.165, 1.54) is 19.3 Å². The fourth-order valence-corrected chi connectivity index (χ4v) is 3.57. The quantitative estimate of drug-likeness (QED) is 0.775. The Hall–Kier alpha value is -2.34. The van der Waals surface area contributed by atoms with Gasteiger partial charge in [-0.2, -0.15) is 5.10 Å². The first-order valence-corrected chi connectivity index (χ1v) is 9.94. The summed E-state index contributed by atoms with van der Waals surface area (Å²) in [5.41, 5.74) is 2.27. The van der Waals surface area contributed by atoms with Crippen LogP contribution in [0.5, 0.6) is 5.75 Å². The third-order valence-corrected chi connectivity index (χ3v) is 4.99. The zero-order valence-corrected chi connectivity index (χ0v) is 16.4. The highest BCUT2D eigenvalue weighted by Crippen LogP contribution is 2.29. The summed E-state index contributed by atoms with van der Waals surface area (Å²) in [6.07, 6.45) is 4.77. The average molecular weight is 370 g/mol. The maximum Gasteiger partial charge on any atom is 0.269 e. The summed E-state index contributed by atoms with van der Waals surface area (Å²) >= 11 is 0. The Morgan fingerprint density at radius 2 is 1.96 bits per heavy atom. The number of nitrogens with zero attached hydrogens (tertiary/aromatic N) is 3. The standard InChI is InChI=1S/C21H30N4O2/c1-3-12-25-19(21(26)22-11-15-24-13-7-4-8-14-24)16-18(23-25)17-9-5-6-10-20(17)27-2/h5-6,9-10,16H,3-4,7-8,11-15H2,1-2H3,(H,22,26). The summed E-state index contributed by atoms with van der Waals surface area (Å²) in [6.45, 7) is 6.66. The minimum atomic E-state index is -0.0610. The number of hydrogen-bond acceptors (Lipinski definition) is 4. The number of aromatic nitrogens is 2. The maximum absolute atomic E-state index is 12.8. The Labute approximate surface area is 161 Å². The molecule has 1 aromatic heterocycles. The summed E-state index contributed by atoms with van der Waals surface area (Å²) < 4.78 is 7.25. The molecule has 0 spiro atoms. The molecular formula is C21H30N4O2. The molecule has 1 N–H and O–H groups in total. The van der Waals surface area contributed by atoms with Gasteiger partial charge in [-0.3, -0.25) is 9.48 Å². The molecule has 6 nitrogen and oxygen atoms in total.